The zero-order valence-electron chi connectivity index (χ0n) is 12.8. The van der Waals surface area contributed by atoms with E-state index in [1.165, 1.54) is 0 Å². The van der Waals surface area contributed by atoms with Crippen LogP contribution in [0.25, 0.3) is 11.1 Å². The van der Waals surface area contributed by atoms with Crippen molar-refractivity contribution in [1.82, 2.24) is 5.32 Å². The van der Waals surface area contributed by atoms with Crippen LogP contribution >= 0.6 is 12.4 Å². The Bertz CT molecular complexity index is 628. The maximum Gasteiger partial charge on any atom is 0.227 e. The van der Waals surface area contributed by atoms with Crippen LogP contribution in [0.1, 0.15) is 6.42 Å². The number of rotatable bonds is 4. The summed E-state index contributed by atoms with van der Waals surface area (Å²) >= 11 is 0. The van der Waals surface area contributed by atoms with E-state index in [1.807, 2.05) is 54.6 Å². The Morgan fingerprint density at radius 2 is 1.87 bits per heavy atom. The first-order valence-corrected chi connectivity index (χ1v) is 7.59. The van der Waals surface area contributed by atoms with E-state index in [-0.39, 0.29) is 24.4 Å². The molecule has 1 aliphatic heterocycles. The number of hydrogen-bond donors (Lipinski definition) is 2. The van der Waals surface area contributed by atoms with Crippen LogP contribution in [-0.2, 0) is 9.53 Å². The molecular formula is C18H21ClN2O2. The molecule has 2 N–H and O–H groups in total. The number of morpholine rings is 1. The van der Waals surface area contributed by atoms with E-state index in [1.54, 1.807) is 0 Å². The molecule has 1 aliphatic rings. The van der Waals surface area contributed by atoms with Crippen molar-refractivity contribution < 1.29 is 9.53 Å². The predicted molar refractivity (Wildman–Crippen MR) is 95.0 cm³/mol. The SMILES string of the molecule is Cl.O=C(CC1CNCCO1)Nc1ccccc1-c1ccccc1. The van der Waals surface area contributed by atoms with Gasteiger partial charge in [-0.25, -0.2) is 0 Å². The highest BCUT2D eigenvalue weighted by atomic mass is 35.5. The Kier molecular flexibility index (Phi) is 6.59. The minimum atomic E-state index is -0.0439. The molecule has 1 heterocycles. The van der Waals surface area contributed by atoms with Crippen LogP contribution in [0.4, 0.5) is 5.69 Å². The van der Waals surface area contributed by atoms with Crippen molar-refractivity contribution in [2.45, 2.75) is 12.5 Å². The molecule has 1 fully saturated rings. The molecule has 2 aromatic rings. The molecule has 122 valence electrons. The van der Waals surface area contributed by atoms with Crippen LogP contribution in [0.3, 0.4) is 0 Å². The van der Waals surface area contributed by atoms with Crippen LogP contribution < -0.4 is 10.6 Å². The molecule has 1 unspecified atom stereocenters. The van der Waals surface area contributed by atoms with Gasteiger partial charge in [-0.1, -0.05) is 48.5 Å². The van der Waals surface area contributed by atoms with Crippen molar-refractivity contribution in [1.29, 1.82) is 0 Å². The van der Waals surface area contributed by atoms with E-state index in [4.69, 9.17) is 4.74 Å². The number of hydrogen-bond acceptors (Lipinski definition) is 3. The summed E-state index contributed by atoms with van der Waals surface area (Å²) in [6.07, 6.45) is 0.327. The average Bonchev–Trinajstić information content (AvgIpc) is 2.57. The minimum Gasteiger partial charge on any atom is -0.375 e. The number of nitrogens with one attached hydrogen (secondary N) is 2. The molecule has 0 saturated carbocycles. The number of halogens is 1. The van der Waals surface area contributed by atoms with Gasteiger partial charge < -0.3 is 15.4 Å². The standard InChI is InChI=1S/C18H20N2O2.ClH/c21-18(12-15-13-19-10-11-22-15)20-17-9-5-4-8-16(17)14-6-2-1-3-7-14;/h1-9,15,19H,10-13H2,(H,20,21);1H. The van der Waals surface area contributed by atoms with Crippen molar-refractivity contribution >= 4 is 24.0 Å². The molecule has 0 bridgehead atoms. The Balaban J connectivity index is 0.00000192. The molecule has 1 amide bonds. The molecule has 3 rings (SSSR count). The van der Waals surface area contributed by atoms with Gasteiger partial charge in [-0.15, -0.1) is 12.4 Å². The first kappa shape index (κ1) is 17.5. The predicted octanol–water partition coefficient (Wildman–Crippen LogP) is 3.09. The Morgan fingerprint density at radius 3 is 2.61 bits per heavy atom. The Hall–Kier alpha value is -1.88. The lowest BCUT2D eigenvalue weighted by molar-refractivity contribution is -0.119. The van der Waals surface area contributed by atoms with Gasteiger partial charge in [0.2, 0.25) is 5.91 Å². The lowest BCUT2D eigenvalue weighted by atomic mass is 10.0. The number of para-hydroxylation sites is 1. The summed E-state index contributed by atoms with van der Waals surface area (Å²) in [6.45, 7) is 2.25. The van der Waals surface area contributed by atoms with Gasteiger partial charge in [0, 0.05) is 24.3 Å². The molecule has 0 aromatic heterocycles. The van der Waals surface area contributed by atoms with E-state index in [9.17, 15) is 4.79 Å². The lowest BCUT2D eigenvalue weighted by Gasteiger charge is -2.23. The lowest BCUT2D eigenvalue weighted by Crippen LogP contribution is -2.40. The third-order valence-corrected chi connectivity index (χ3v) is 3.70. The zero-order valence-corrected chi connectivity index (χ0v) is 13.6. The highest BCUT2D eigenvalue weighted by Gasteiger charge is 2.18. The van der Waals surface area contributed by atoms with Crippen LogP contribution in [0.15, 0.2) is 54.6 Å². The van der Waals surface area contributed by atoms with Crippen LogP contribution in [0, 0.1) is 0 Å². The van der Waals surface area contributed by atoms with Gasteiger partial charge in [0.1, 0.15) is 0 Å². The maximum atomic E-state index is 12.2. The van der Waals surface area contributed by atoms with Gasteiger partial charge >= 0.3 is 0 Å². The second-order valence-corrected chi connectivity index (χ2v) is 5.36. The highest BCUT2D eigenvalue weighted by molar-refractivity contribution is 5.95. The summed E-state index contributed by atoms with van der Waals surface area (Å²) in [6, 6.07) is 17.9. The molecule has 0 spiro atoms. The smallest absolute Gasteiger partial charge is 0.227 e. The second-order valence-electron chi connectivity index (χ2n) is 5.36. The fourth-order valence-corrected chi connectivity index (χ4v) is 2.62. The van der Waals surface area contributed by atoms with Gasteiger partial charge in [-0.3, -0.25) is 4.79 Å². The third-order valence-electron chi connectivity index (χ3n) is 3.70. The number of carbonyl (C=O) groups excluding carboxylic acids is 1. The maximum absolute atomic E-state index is 12.2. The van der Waals surface area contributed by atoms with Gasteiger partial charge in [-0.05, 0) is 11.6 Å². The quantitative estimate of drug-likeness (QED) is 0.904. The Labute approximate surface area is 142 Å². The largest absolute Gasteiger partial charge is 0.375 e. The summed E-state index contributed by atoms with van der Waals surface area (Å²) in [5, 5.41) is 6.25. The normalized spacial score (nSPS) is 17.1. The summed E-state index contributed by atoms with van der Waals surface area (Å²) in [7, 11) is 0. The van der Waals surface area contributed by atoms with Crippen molar-refractivity contribution in [2.24, 2.45) is 0 Å². The van der Waals surface area contributed by atoms with Crippen LogP contribution in [-0.4, -0.2) is 31.7 Å². The van der Waals surface area contributed by atoms with Crippen LogP contribution in [0.5, 0.6) is 0 Å². The van der Waals surface area contributed by atoms with Gasteiger partial charge in [-0.2, -0.15) is 0 Å². The second kappa shape index (κ2) is 8.67. The van der Waals surface area contributed by atoms with Crippen molar-refractivity contribution in [3.05, 3.63) is 54.6 Å². The molecule has 23 heavy (non-hydrogen) atoms. The van der Waals surface area contributed by atoms with E-state index in [0.717, 1.165) is 29.9 Å². The van der Waals surface area contributed by atoms with E-state index >= 15 is 0 Å². The fraction of sp³-hybridized carbons (Fsp3) is 0.278. The molecule has 2 aromatic carbocycles. The third kappa shape index (κ3) is 4.79. The summed E-state index contributed by atoms with van der Waals surface area (Å²) < 4.78 is 5.58. The number of ether oxygens (including phenoxy) is 1. The molecule has 1 saturated heterocycles. The number of benzene rings is 2. The first-order chi connectivity index (χ1) is 10.8. The van der Waals surface area contributed by atoms with E-state index in [2.05, 4.69) is 10.6 Å². The molecule has 4 nitrogen and oxygen atoms in total. The molecule has 0 radical (unpaired) electrons. The molecular weight excluding hydrogens is 312 g/mol. The Morgan fingerprint density at radius 1 is 1.13 bits per heavy atom. The highest BCUT2D eigenvalue weighted by Crippen LogP contribution is 2.27. The van der Waals surface area contributed by atoms with Crippen LogP contribution in [0.2, 0.25) is 0 Å². The van der Waals surface area contributed by atoms with Gasteiger partial charge in [0.25, 0.3) is 0 Å². The van der Waals surface area contributed by atoms with Crippen molar-refractivity contribution in [2.75, 3.05) is 25.0 Å². The molecule has 1 atom stereocenters. The topological polar surface area (TPSA) is 50.4 Å². The summed E-state index contributed by atoms with van der Waals surface area (Å²) in [5.74, 6) is -0.0166. The van der Waals surface area contributed by atoms with E-state index < -0.39 is 0 Å². The van der Waals surface area contributed by atoms with Gasteiger partial charge in [0.15, 0.2) is 0 Å². The summed E-state index contributed by atoms with van der Waals surface area (Å²) in [4.78, 5) is 12.2. The molecule has 5 heteroatoms. The summed E-state index contributed by atoms with van der Waals surface area (Å²) in [5.41, 5.74) is 2.95. The zero-order chi connectivity index (χ0) is 15.2. The minimum absolute atomic E-state index is 0. The molecule has 0 aliphatic carbocycles. The van der Waals surface area contributed by atoms with Crippen molar-refractivity contribution in [3.63, 3.8) is 0 Å². The number of carbonyl (C=O) groups is 1. The fourth-order valence-electron chi connectivity index (χ4n) is 2.62. The first-order valence-electron chi connectivity index (χ1n) is 7.59. The van der Waals surface area contributed by atoms with Gasteiger partial charge in [0.05, 0.1) is 19.1 Å². The average molecular weight is 333 g/mol. The van der Waals surface area contributed by atoms with E-state index in [0.29, 0.717) is 13.0 Å². The van der Waals surface area contributed by atoms with Crippen molar-refractivity contribution in [3.8, 4) is 11.1 Å². The monoisotopic (exact) mass is 332 g/mol. The number of amides is 1. The number of anilines is 1.